The van der Waals surface area contributed by atoms with E-state index in [0.717, 1.165) is 5.92 Å². The lowest BCUT2D eigenvalue weighted by Gasteiger charge is -2.34. The lowest BCUT2D eigenvalue weighted by atomic mass is 9.71. The summed E-state index contributed by atoms with van der Waals surface area (Å²) in [6.45, 7) is 21.4. The van der Waals surface area contributed by atoms with E-state index in [4.69, 9.17) is 0 Å². The fourth-order valence-corrected chi connectivity index (χ4v) is 4.29. The second kappa shape index (κ2) is 12.9. The summed E-state index contributed by atoms with van der Waals surface area (Å²) in [5, 5.41) is 0. The Morgan fingerprint density at radius 3 is 1.17 bits per heavy atom. The summed E-state index contributed by atoms with van der Waals surface area (Å²) in [6.07, 6.45) is 12.9. The minimum absolute atomic E-state index is 0.660. The Balaban J connectivity index is 0.000000209. The van der Waals surface area contributed by atoms with Crippen LogP contribution in [0.25, 0.3) is 12.2 Å². The average Bonchev–Trinajstić information content (AvgIpc) is 3.17. The zero-order chi connectivity index (χ0) is 22.5. The first-order valence-electron chi connectivity index (χ1n) is 10.9. The van der Waals surface area contributed by atoms with Gasteiger partial charge in [-0.3, -0.25) is 0 Å². The molecule has 0 unspecified atom stereocenters. The molecule has 2 aromatic carbocycles. The van der Waals surface area contributed by atoms with E-state index >= 15 is 0 Å². The van der Waals surface area contributed by atoms with Crippen LogP contribution in [0.3, 0.4) is 0 Å². The summed E-state index contributed by atoms with van der Waals surface area (Å²) in [5.74, 6) is 1.05. The maximum atomic E-state index is 3.63. The summed E-state index contributed by atoms with van der Waals surface area (Å²) in [7, 11) is 0. The van der Waals surface area contributed by atoms with E-state index < -0.39 is 0 Å². The molecule has 160 valence electrons. The van der Waals surface area contributed by atoms with Crippen LogP contribution in [0.2, 0.25) is 0 Å². The molecule has 0 heteroatoms. The van der Waals surface area contributed by atoms with Crippen molar-refractivity contribution >= 4 is 12.2 Å². The summed E-state index contributed by atoms with van der Waals surface area (Å²) in [4.78, 5) is 0. The predicted molar refractivity (Wildman–Crippen MR) is 137 cm³/mol. The van der Waals surface area contributed by atoms with E-state index in [1.807, 2.05) is 72.8 Å². The smallest absolute Gasteiger partial charge is 0.0263 e. The van der Waals surface area contributed by atoms with Crippen molar-refractivity contribution in [3.63, 3.8) is 0 Å². The minimum atomic E-state index is 0.660. The molecule has 0 amide bonds. The Bertz CT molecular complexity index is 704. The Kier molecular flexibility index (Phi) is 10.9. The third kappa shape index (κ3) is 7.34. The van der Waals surface area contributed by atoms with E-state index in [1.165, 1.54) is 36.8 Å². The van der Waals surface area contributed by atoms with Gasteiger partial charge in [0.15, 0.2) is 0 Å². The highest BCUT2D eigenvalue weighted by molar-refractivity contribution is 5.46. The molecule has 0 aliphatic heterocycles. The van der Waals surface area contributed by atoms with Gasteiger partial charge in [0.1, 0.15) is 0 Å². The normalized spacial score (nSPS) is 21.9. The van der Waals surface area contributed by atoms with Crippen LogP contribution in [-0.4, -0.2) is 0 Å². The molecule has 2 aliphatic rings. The maximum Gasteiger partial charge on any atom is -0.0263 e. The van der Waals surface area contributed by atoms with Crippen LogP contribution >= 0.6 is 0 Å². The largest absolute Gasteiger partial charge is 0.0991 e. The molecule has 2 saturated carbocycles. The third-order valence-corrected chi connectivity index (χ3v) is 6.90. The second-order valence-corrected chi connectivity index (χ2v) is 8.76. The van der Waals surface area contributed by atoms with Crippen LogP contribution in [0.4, 0.5) is 0 Å². The Labute approximate surface area is 185 Å². The highest BCUT2D eigenvalue weighted by Gasteiger charge is 2.55. The van der Waals surface area contributed by atoms with Crippen molar-refractivity contribution in [3.05, 3.63) is 110 Å². The number of rotatable bonds is 3. The van der Waals surface area contributed by atoms with E-state index in [1.54, 1.807) is 12.2 Å². The minimum Gasteiger partial charge on any atom is -0.0991 e. The molecule has 0 aromatic heterocycles. The molecule has 0 saturated heterocycles. The van der Waals surface area contributed by atoms with Crippen molar-refractivity contribution in [2.24, 2.45) is 16.7 Å². The van der Waals surface area contributed by atoms with Crippen molar-refractivity contribution in [2.45, 2.75) is 46.5 Å². The molecule has 0 N–H and O–H groups in total. The molecule has 0 spiro atoms. The Morgan fingerprint density at radius 2 is 1.03 bits per heavy atom. The van der Waals surface area contributed by atoms with Crippen molar-refractivity contribution < 1.29 is 0 Å². The molecule has 0 nitrogen and oxygen atoms in total. The van der Waals surface area contributed by atoms with Gasteiger partial charge in [0.25, 0.3) is 0 Å². The molecule has 2 aromatic rings. The van der Waals surface area contributed by atoms with Gasteiger partial charge >= 0.3 is 0 Å². The van der Waals surface area contributed by atoms with E-state index in [-0.39, 0.29) is 0 Å². The lowest BCUT2D eigenvalue weighted by Crippen LogP contribution is -2.26. The van der Waals surface area contributed by atoms with Gasteiger partial charge in [0, 0.05) is 0 Å². The molecule has 0 heterocycles. The van der Waals surface area contributed by atoms with E-state index in [2.05, 4.69) is 47.1 Å². The van der Waals surface area contributed by atoms with Crippen molar-refractivity contribution in [3.8, 4) is 0 Å². The van der Waals surface area contributed by atoms with Crippen LogP contribution in [-0.2, 0) is 0 Å². The van der Waals surface area contributed by atoms with Gasteiger partial charge in [0.2, 0.25) is 0 Å². The first-order valence-corrected chi connectivity index (χ1v) is 10.9. The van der Waals surface area contributed by atoms with Crippen molar-refractivity contribution in [2.75, 3.05) is 0 Å². The van der Waals surface area contributed by atoms with Gasteiger partial charge in [0.05, 0.1) is 0 Å². The third-order valence-electron chi connectivity index (χ3n) is 6.90. The Morgan fingerprint density at radius 1 is 0.667 bits per heavy atom. The van der Waals surface area contributed by atoms with E-state index in [0.29, 0.717) is 10.8 Å². The molecule has 0 radical (unpaired) electrons. The predicted octanol–water partition coefficient (Wildman–Crippen LogP) is 9.24. The first-order chi connectivity index (χ1) is 14.3. The standard InChI is InChI=1S/C10H18.2C8H8.C4H6/c1-9(2)8-4-6-10(9,3)7-5-8;2*1-2-8-6-4-3-5-7-8;1-3-4-2/h8H,4-7H2,1-3H3;2*2-7H,1H2;3-4H,1-2H2. The molecule has 2 fully saturated rings. The van der Waals surface area contributed by atoms with Crippen molar-refractivity contribution in [1.82, 2.24) is 0 Å². The fraction of sp³-hybridized carbons (Fsp3) is 0.333. The van der Waals surface area contributed by atoms with Gasteiger partial charge in [-0.1, -0.05) is 132 Å². The zero-order valence-electron chi connectivity index (χ0n) is 19.3. The number of allylic oxidation sites excluding steroid dienone is 2. The number of fused-ring (bicyclic) bond motifs is 2. The fourth-order valence-electron chi connectivity index (χ4n) is 4.29. The molecular formula is C30H40. The SMILES string of the molecule is C=CC=C.C=Cc1ccccc1.C=Cc1ccccc1.CC12CCC(CC1)C2(C)C. The quantitative estimate of drug-likeness (QED) is 0.450. The highest BCUT2D eigenvalue weighted by atomic mass is 14.6. The average molecular weight is 401 g/mol. The monoisotopic (exact) mass is 400 g/mol. The topological polar surface area (TPSA) is 0 Å². The van der Waals surface area contributed by atoms with Crippen LogP contribution in [0.1, 0.15) is 57.6 Å². The summed E-state index contributed by atoms with van der Waals surface area (Å²) >= 11 is 0. The van der Waals surface area contributed by atoms with Gasteiger partial charge in [-0.15, -0.1) is 0 Å². The second-order valence-electron chi connectivity index (χ2n) is 8.76. The lowest BCUT2D eigenvalue weighted by molar-refractivity contribution is 0.152. The van der Waals surface area contributed by atoms with Crippen LogP contribution in [0.5, 0.6) is 0 Å². The van der Waals surface area contributed by atoms with Crippen LogP contribution in [0.15, 0.2) is 99.1 Å². The highest BCUT2D eigenvalue weighted by Crippen LogP contribution is 2.65. The van der Waals surface area contributed by atoms with Gasteiger partial charge in [-0.25, -0.2) is 0 Å². The first kappa shape index (κ1) is 25.4. The van der Waals surface area contributed by atoms with Crippen molar-refractivity contribution in [1.29, 1.82) is 0 Å². The molecular weight excluding hydrogens is 360 g/mol. The van der Waals surface area contributed by atoms with E-state index in [9.17, 15) is 0 Å². The number of benzene rings is 2. The van der Waals surface area contributed by atoms with Crippen LogP contribution in [0, 0.1) is 16.7 Å². The summed E-state index contributed by atoms with van der Waals surface area (Å²) in [6, 6.07) is 20.1. The molecule has 0 atom stereocenters. The maximum absolute atomic E-state index is 3.63. The number of hydrogen-bond donors (Lipinski definition) is 0. The van der Waals surface area contributed by atoms with Gasteiger partial charge in [-0.05, 0) is 53.6 Å². The number of hydrogen-bond acceptors (Lipinski definition) is 0. The summed E-state index contributed by atoms with van der Waals surface area (Å²) < 4.78 is 0. The van der Waals surface area contributed by atoms with Gasteiger partial charge < -0.3 is 0 Å². The zero-order valence-corrected chi connectivity index (χ0v) is 19.3. The molecule has 4 rings (SSSR count). The molecule has 30 heavy (non-hydrogen) atoms. The van der Waals surface area contributed by atoms with Crippen LogP contribution < -0.4 is 0 Å². The Hall–Kier alpha value is -2.60. The molecule has 2 aliphatic carbocycles. The van der Waals surface area contributed by atoms with Gasteiger partial charge in [-0.2, -0.15) is 0 Å². The summed E-state index contributed by atoms with van der Waals surface area (Å²) in [5.41, 5.74) is 3.71. The molecule has 2 bridgehead atoms.